The van der Waals surface area contributed by atoms with Gasteiger partial charge in [-0.3, -0.25) is 4.79 Å². The number of anilines is 1. The van der Waals surface area contributed by atoms with Crippen molar-refractivity contribution in [2.75, 3.05) is 11.9 Å². The Kier molecular flexibility index (Phi) is 8.48. The average molecular weight is 531 g/mol. The second-order valence-electron chi connectivity index (χ2n) is 8.95. The van der Waals surface area contributed by atoms with E-state index < -0.39 is 15.9 Å². The first-order chi connectivity index (χ1) is 17.7. The average Bonchev–Trinajstić information content (AvgIpc) is 2.85. The zero-order valence-corrected chi connectivity index (χ0v) is 22.8. The lowest BCUT2D eigenvalue weighted by molar-refractivity contribution is -0.116. The minimum Gasteiger partial charge on any atom is -0.324 e. The second kappa shape index (κ2) is 11.8. The number of hydrogen-bond donors (Lipinski definition) is 1. The molecule has 4 rings (SSSR count). The molecule has 0 fully saturated rings. The summed E-state index contributed by atoms with van der Waals surface area (Å²) in [5.41, 5.74) is 3.78. The molecule has 0 bridgehead atoms. The summed E-state index contributed by atoms with van der Waals surface area (Å²) in [6, 6.07) is 30.5. The van der Waals surface area contributed by atoms with E-state index in [0.717, 1.165) is 20.9 Å². The summed E-state index contributed by atoms with van der Waals surface area (Å²) in [4.78, 5) is 15.5. The van der Waals surface area contributed by atoms with Gasteiger partial charge >= 0.3 is 0 Å². The van der Waals surface area contributed by atoms with E-state index >= 15 is 0 Å². The predicted octanol–water partition coefficient (Wildman–Crippen LogP) is 6.59. The van der Waals surface area contributed by atoms with Gasteiger partial charge in [0.2, 0.25) is 15.9 Å². The molecule has 1 amide bonds. The lowest BCUT2D eigenvalue weighted by Crippen LogP contribution is -2.38. The number of sulfonamides is 1. The standard InChI is InChI=1S/C30H30N2O3S2/c1-22-18-23(2)30(24(3)19-22)37(34,35)32(20-25-12-6-4-7-13-25)21-29(33)31-27-16-10-11-17-28(27)36-26-14-8-5-9-15-26/h4-19H,20-21H2,1-3H3,(H,31,33). The molecule has 0 aliphatic rings. The van der Waals surface area contributed by atoms with Crippen molar-refractivity contribution in [1.29, 1.82) is 0 Å². The van der Waals surface area contributed by atoms with E-state index in [-0.39, 0.29) is 18.0 Å². The zero-order chi connectivity index (χ0) is 26.4. The summed E-state index contributed by atoms with van der Waals surface area (Å²) in [7, 11) is -3.96. The summed E-state index contributed by atoms with van der Waals surface area (Å²) >= 11 is 1.54. The monoisotopic (exact) mass is 530 g/mol. The van der Waals surface area contributed by atoms with Crippen molar-refractivity contribution in [2.24, 2.45) is 0 Å². The van der Waals surface area contributed by atoms with Crippen LogP contribution < -0.4 is 5.32 Å². The van der Waals surface area contributed by atoms with Crippen LogP contribution in [0.1, 0.15) is 22.3 Å². The van der Waals surface area contributed by atoms with Crippen LogP contribution in [0.3, 0.4) is 0 Å². The molecular weight excluding hydrogens is 500 g/mol. The number of hydrogen-bond acceptors (Lipinski definition) is 4. The number of carbonyl (C=O) groups excluding carboxylic acids is 1. The number of amides is 1. The Morgan fingerprint density at radius 2 is 1.38 bits per heavy atom. The Labute approximate surface area is 223 Å². The molecule has 5 nitrogen and oxygen atoms in total. The molecule has 0 atom stereocenters. The summed E-state index contributed by atoms with van der Waals surface area (Å²) in [5, 5.41) is 2.94. The number of nitrogens with one attached hydrogen (secondary N) is 1. The van der Waals surface area contributed by atoms with Gasteiger partial charge in [0.25, 0.3) is 0 Å². The number of rotatable bonds is 9. The minimum absolute atomic E-state index is 0.0871. The Hall–Kier alpha value is -3.39. The van der Waals surface area contributed by atoms with Gasteiger partial charge in [-0.1, -0.05) is 90.1 Å². The van der Waals surface area contributed by atoms with Gasteiger partial charge in [-0.05, 0) is 61.7 Å². The molecule has 0 aromatic heterocycles. The lowest BCUT2D eigenvalue weighted by Gasteiger charge is -2.24. The van der Waals surface area contributed by atoms with Gasteiger partial charge in [0.1, 0.15) is 0 Å². The van der Waals surface area contributed by atoms with Crippen molar-refractivity contribution in [1.82, 2.24) is 4.31 Å². The maximum atomic E-state index is 13.9. The third-order valence-electron chi connectivity index (χ3n) is 5.86. The van der Waals surface area contributed by atoms with Crippen LogP contribution in [0.4, 0.5) is 5.69 Å². The van der Waals surface area contributed by atoms with Gasteiger partial charge < -0.3 is 5.32 Å². The highest BCUT2D eigenvalue weighted by Gasteiger charge is 2.30. The molecule has 0 saturated heterocycles. The SMILES string of the molecule is Cc1cc(C)c(S(=O)(=O)N(CC(=O)Nc2ccccc2Sc2ccccc2)Cc2ccccc2)c(C)c1. The first-order valence-electron chi connectivity index (χ1n) is 12.0. The van der Waals surface area contributed by atoms with Gasteiger partial charge in [-0.15, -0.1) is 0 Å². The highest BCUT2D eigenvalue weighted by molar-refractivity contribution is 7.99. The molecule has 4 aromatic rings. The number of para-hydroxylation sites is 1. The van der Waals surface area contributed by atoms with E-state index in [4.69, 9.17) is 0 Å². The van der Waals surface area contributed by atoms with Crippen LogP contribution in [0.15, 0.2) is 112 Å². The highest BCUT2D eigenvalue weighted by atomic mass is 32.2. The Morgan fingerprint density at radius 3 is 2.03 bits per heavy atom. The van der Waals surface area contributed by atoms with Gasteiger partial charge in [-0.2, -0.15) is 4.31 Å². The fourth-order valence-corrected chi connectivity index (χ4v) is 7.06. The first-order valence-corrected chi connectivity index (χ1v) is 14.2. The van der Waals surface area contributed by atoms with Crippen molar-refractivity contribution in [3.63, 3.8) is 0 Å². The van der Waals surface area contributed by atoms with E-state index in [0.29, 0.717) is 16.8 Å². The normalized spacial score (nSPS) is 11.5. The third kappa shape index (κ3) is 6.68. The molecule has 4 aromatic carbocycles. The third-order valence-corrected chi connectivity index (χ3v) is 9.04. The number of carbonyl (C=O) groups is 1. The van der Waals surface area contributed by atoms with Crippen LogP contribution in [0, 0.1) is 20.8 Å². The molecule has 0 aliphatic heterocycles. The molecule has 0 spiro atoms. The van der Waals surface area contributed by atoms with Gasteiger partial charge in [0.05, 0.1) is 17.1 Å². The number of aryl methyl sites for hydroxylation is 3. The van der Waals surface area contributed by atoms with E-state index in [9.17, 15) is 13.2 Å². The summed E-state index contributed by atoms with van der Waals surface area (Å²) in [5.74, 6) is -0.400. The smallest absolute Gasteiger partial charge is 0.244 e. The summed E-state index contributed by atoms with van der Waals surface area (Å²) < 4.78 is 29.1. The largest absolute Gasteiger partial charge is 0.324 e. The molecule has 1 N–H and O–H groups in total. The molecule has 0 aliphatic carbocycles. The fourth-order valence-electron chi connectivity index (χ4n) is 4.34. The first kappa shape index (κ1) is 26.7. The molecule has 7 heteroatoms. The Bertz CT molecular complexity index is 1470. The van der Waals surface area contributed by atoms with Gasteiger partial charge in [-0.25, -0.2) is 8.42 Å². The van der Waals surface area contributed by atoms with Crippen molar-refractivity contribution >= 4 is 33.4 Å². The van der Waals surface area contributed by atoms with Crippen molar-refractivity contribution in [3.05, 3.63) is 119 Å². The van der Waals surface area contributed by atoms with Crippen LogP contribution >= 0.6 is 11.8 Å². The van der Waals surface area contributed by atoms with Crippen LogP contribution in [0.25, 0.3) is 0 Å². The van der Waals surface area contributed by atoms with Crippen LogP contribution in [-0.2, 0) is 21.4 Å². The van der Waals surface area contributed by atoms with Gasteiger partial charge in [0.15, 0.2) is 0 Å². The van der Waals surface area contributed by atoms with Gasteiger partial charge in [0, 0.05) is 16.3 Å². The molecule has 0 unspecified atom stereocenters. The maximum absolute atomic E-state index is 13.9. The van der Waals surface area contributed by atoms with E-state index in [1.54, 1.807) is 13.8 Å². The maximum Gasteiger partial charge on any atom is 0.244 e. The number of nitrogens with zero attached hydrogens (tertiary/aromatic N) is 1. The summed E-state index contributed by atoms with van der Waals surface area (Å²) in [6.07, 6.45) is 0. The molecular formula is C30H30N2O3S2. The van der Waals surface area contributed by atoms with Crippen LogP contribution in [0.2, 0.25) is 0 Å². The quantitative estimate of drug-likeness (QED) is 0.265. The topological polar surface area (TPSA) is 66.5 Å². The fraction of sp³-hybridized carbons (Fsp3) is 0.167. The lowest BCUT2D eigenvalue weighted by atomic mass is 10.1. The predicted molar refractivity (Wildman–Crippen MR) is 150 cm³/mol. The molecule has 0 radical (unpaired) electrons. The molecule has 0 heterocycles. The van der Waals surface area contributed by atoms with E-state index in [1.807, 2.05) is 104 Å². The molecule has 190 valence electrons. The van der Waals surface area contributed by atoms with Crippen LogP contribution in [-0.4, -0.2) is 25.2 Å². The van der Waals surface area contributed by atoms with Crippen molar-refractivity contribution in [2.45, 2.75) is 42.0 Å². The van der Waals surface area contributed by atoms with E-state index in [1.165, 1.54) is 16.1 Å². The highest BCUT2D eigenvalue weighted by Crippen LogP contribution is 2.33. The summed E-state index contributed by atoms with van der Waals surface area (Å²) in [6.45, 7) is 5.31. The van der Waals surface area contributed by atoms with Crippen LogP contribution in [0.5, 0.6) is 0 Å². The van der Waals surface area contributed by atoms with E-state index in [2.05, 4.69) is 5.32 Å². The molecule has 37 heavy (non-hydrogen) atoms. The number of benzene rings is 4. The van der Waals surface area contributed by atoms with Crippen molar-refractivity contribution in [3.8, 4) is 0 Å². The molecule has 0 saturated carbocycles. The Morgan fingerprint density at radius 1 is 0.811 bits per heavy atom. The zero-order valence-electron chi connectivity index (χ0n) is 21.1. The Balaban J connectivity index is 1.62. The van der Waals surface area contributed by atoms with Crippen molar-refractivity contribution < 1.29 is 13.2 Å². The minimum atomic E-state index is -3.96. The second-order valence-corrected chi connectivity index (χ2v) is 11.9.